The molecule has 3 nitrogen and oxygen atoms in total. The Morgan fingerprint density at radius 1 is 1.42 bits per heavy atom. The van der Waals surface area contributed by atoms with Gasteiger partial charge in [-0.25, -0.2) is 0 Å². The summed E-state index contributed by atoms with van der Waals surface area (Å²) in [5.41, 5.74) is 7.02. The summed E-state index contributed by atoms with van der Waals surface area (Å²) >= 11 is 6.87. The van der Waals surface area contributed by atoms with Crippen LogP contribution in [-0.4, -0.2) is 39.4 Å². The molecule has 2 rings (SSSR count). The number of hydrogen-bond acceptors (Lipinski definition) is 3. The van der Waals surface area contributed by atoms with E-state index in [1.807, 2.05) is 34.9 Å². The third-order valence-corrected chi connectivity index (χ3v) is 5.11. The van der Waals surface area contributed by atoms with Crippen molar-refractivity contribution in [2.75, 3.05) is 12.3 Å². The van der Waals surface area contributed by atoms with Gasteiger partial charge in [-0.3, -0.25) is 4.79 Å². The van der Waals surface area contributed by atoms with Gasteiger partial charge in [0.1, 0.15) is 4.99 Å². The molecule has 19 heavy (non-hydrogen) atoms. The number of nitrogens with two attached hydrogens (primary N) is 1. The zero-order chi connectivity index (χ0) is 14.0. The number of rotatable bonds is 2. The smallest absolute Gasteiger partial charge is 0.254 e. The van der Waals surface area contributed by atoms with Gasteiger partial charge in [-0.05, 0) is 19.1 Å². The van der Waals surface area contributed by atoms with E-state index in [0.29, 0.717) is 15.8 Å². The van der Waals surface area contributed by atoms with E-state index < -0.39 is 0 Å². The van der Waals surface area contributed by atoms with Crippen molar-refractivity contribution >= 4 is 34.9 Å². The van der Waals surface area contributed by atoms with Crippen LogP contribution in [0.2, 0.25) is 0 Å². The van der Waals surface area contributed by atoms with Crippen molar-refractivity contribution in [1.82, 2.24) is 4.90 Å². The molecule has 0 aromatic heterocycles. The maximum absolute atomic E-state index is 12.6. The van der Waals surface area contributed by atoms with Crippen LogP contribution in [0.1, 0.15) is 29.8 Å². The fourth-order valence-electron chi connectivity index (χ4n) is 2.19. The first kappa shape index (κ1) is 14.3. The number of carbonyl (C=O) groups is 1. The van der Waals surface area contributed by atoms with Crippen LogP contribution in [0.15, 0.2) is 24.3 Å². The summed E-state index contributed by atoms with van der Waals surface area (Å²) in [5.74, 6) is 1.06. The Labute approximate surface area is 123 Å². The number of amides is 1. The molecule has 1 aromatic rings. The van der Waals surface area contributed by atoms with Gasteiger partial charge in [0.05, 0.1) is 0 Å². The topological polar surface area (TPSA) is 46.3 Å². The third kappa shape index (κ3) is 3.09. The van der Waals surface area contributed by atoms with Crippen molar-refractivity contribution in [2.45, 2.75) is 25.1 Å². The monoisotopic (exact) mass is 294 g/mol. The van der Waals surface area contributed by atoms with Crippen molar-refractivity contribution in [3.05, 3.63) is 35.4 Å². The van der Waals surface area contributed by atoms with E-state index in [4.69, 9.17) is 18.0 Å². The van der Waals surface area contributed by atoms with Gasteiger partial charge in [-0.2, -0.15) is 11.8 Å². The highest BCUT2D eigenvalue weighted by molar-refractivity contribution is 8.00. The minimum Gasteiger partial charge on any atom is -0.389 e. The van der Waals surface area contributed by atoms with Gasteiger partial charge in [0, 0.05) is 34.7 Å². The van der Waals surface area contributed by atoms with Crippen LogP contribution in [-0.2, 0) is 0 Å². The minimum absolute atomic E-state index is 0.0674. The molecule has 0 bridgehead atoms. The molecular formula is C14H18N2OS2. The Morgan fingerprint density at radius 3 is 2.79 bits per heavy atom. The molecule has 0 saturated carbocycles. The number of hydrogen-bond donors (Lipinski definition) is 1. The largest absolute Gasteiger partial charge is 0.389 e. The molecular weight excluding hydrogens is 276 g/mol. The molecule has 1 amide bonds. The van der Waals surface area contributed by atoms with Gasteiger partial charge in [-0.15, -0.1) is 0 Å². The Hall–Kier alpha value is -1.07. The highest BCUT2D eigenvalue weighted by Crippen LogP contribution is 2.25. The van der Waals surface area contributed by atoms with Crippen LogP contribution in [0.25, 0.3) is 0 Å². The van der Waals surface area contributed by atoms with Crippen LogP contribution in [0.3, 0.4) is 0 Å². The normalized spacial score (nSPS) is 23.2. The molecule has 1 aromatic carbocycles. The van der Waals surface area contributed by atoms with E-state index in [1.54, 1.807) is 6.07 Å². The van der Waals surface area contributed by atoms with E-state index in [0.717, 1.165) is 17.9 Å². The first-order valence-electron chi connectivity index (χ1n) is 6.33. The van der Waals surface area contributed by atoms with Crippen molar-refractivity contribution in [3.8, 4) is 0 Å². The highest BCUT2D eigenvalue weighted by atomic mass is 32.2. The van der Waals surface area contributed by atoms with Crippen LogP contribution in [0.5, 0.6) is 0 Å². The molecule has 1 heterocycles. The summed E-state index contributed by atoms with van der Waals surface area (Å²) in [5, 5.41) is 0.469. The molecule has 1 aliphatic heterocycles. The van der Waals surface area contributed by atoms with Gasteiger partial charge in [-0.1, -0.05) is 31.3 Å². The number of thioether (sulfide) groups is 1. The lowest BCUT2D eigenvalue weighted by Crippen LogP contribution is -2.48. The molecule has 0 spiro atoms. The Kier molecular flexibility index (Phi) is 4.47. The van der Waals surface area contributed by atoms with E-state index in [9.17, 15) is 4.79 Å². The minimum atomic E-state index is 0.0674. The molecule has 1 aliphatic rings. The van der Waals surface area contributed by atoms with E-state index in [-0.39, 0.29) is 11.9 Å². The molecule has 2 unspecified atom stereocenters. The molecule has 2 atom stereocenters. The fraction of sp³-hybridized carbons (Fsp3) is 0.429. The number of thiocarbonyl (C=S) groups is 1. The Balaban J connectivity index is 2.23. The molecule has 1 fully saturated rings. The van der Waals surface area contributed by atoms with Crippen LogP contribution in [0.4, 0.5) is 0 Å². The number of nitrogens with zero attached hydrogens (tertiary/aromatic N) is 1. The van der Waals surface area contributed by atoms with Crippen molar-refractivity contribution in [2.24, 2.45) is 5.73 Å². The van der Waals surface area contributed by atoms with E-state index in [1.165, 1.54) is 0 Å². The molecule has 1 saturated heterocycles. The SMILES string of the molecule is CC1SCCN(C(=O)c2cccc(C(N)=S)c2)C1C. The summed E-state index contributed by atoms with van der Waals surface area (Å²) in [7, 11) is 0. The first-order chi connectivity index (χ1) is 9.00. The Morgan fingerprint density at radius 2 is 2.11 bits per heavy atom. The van der Waals surface area contributed by atoms with E-state index >= 15 is 0 Å². The third-order valence-electron chi connectivity index (χ3n) is 3.54. The number of carbonyl (C=O) groups excluding carboxylic acids is 1. The van der Waals surface area contributed by atoms with E-state index in [2.05, 4.69) is 13.8 Å². The van der Waals surface area contributed by atoms with Crippen molar-refractivity contribution < 1.29 is 4.79 Å². The molecule has 5 heteroatoms. The average molecular weight is 294 g/mol. The van der Waals surface area contributed by atoms with Crippen molar-refractivity contribution in [1.29, 1.82) is 0 Å². The second-order valence-corrected chi connectivity index (χ2v) is 6.69. The second-order valence-electron chi connectivity index (χ2n) is 4.76. The van der Waals surface area contributed by atoms with Gasteiger partial charge < -0.3 is 10.6 Å². The highest BCUT2D eigenvalue weighted by Gasteiger charge is 2.29. The van der Waals surface area contributed by atoms with Gasteiger partial charge in [0.25, 0.3) is 5.91 Å². The van der Waals surface area contributed by atoms with Gasteiger partial charge in [0.15, 0.2) is 0 Å². The quantitative estimate of drug-likeness (QED) is 0.850. The van der Waals surface area contributed by atoms with Gasteiger partial charge in [0.2, 0.25) is 0 Å². The van der Waals surface area contributed by atoms with Crippen LogP contribution in [0, 0.1) is 0 Å². The average Bonchev–Trinajstić information content (AvgIpc) is 2.41. The lowest BCUT2D eigenvalue weighted by atomic mass is 10.1. The predicted octanol–water partition coefficient (Wildman–Crippen LogP) is 2.29. The predicted molar refractivity (Wildman–Crippen MR) is 84.7 cm³/mol. The second kappa shape index (κ2) is 5.92. The van der Waals surface area contributed by atoms with Gasteiger partial charge >= 0.3 is 0 Å². The summed E-state index contributed by atoms with van der Waals surface area (Å²) in [6.45, 7) is 5.07. The first-order valence-corrected chi connectivity index (χ1v) is 7.79. The summed E-state index contributed by atoms with van der Waals surface area (Å²) in [4.78, 5) is 14.8. The summed E-state index contributed by atoms with van der Waals surface area (Å²) < 4.78 is 0. The molecule has 0 radical (unpaired) electrons. The molecule has 2 N–H and O–H groups in total. The zero-order valence-corrected chi connectivity index (χ0v) is 12.8. The number of benzene rings is 1. The zero-order valence-electron chi connectivity index (χ0n) is 11.1. The lowest BCUT2D eigenvalue weighted by molar-refractivity contribution is 0.0698. The maximum atomic E-state index is 12.6. The molecule has 102 valence electrons. The standard InChI is InChI=1S/C14H18N2OS2/c1-9-10(2)19-7-6-16(9)14(17)12-5-3-4-11(8-12)13(15)18/h3-5,8-10H,6-7H2,1-2H3,(H2,15,18). The Bertz CT molecular complexity index is 504. The fourth-order valence-corrected chi connectivity index (χ4v) is 3.42. The van der Waals surface area contributed by atoms with Crippen LogP contribution >= 0.6 is 24.0 Å². The summed E-state index contributed by atoms with van der Waals surface area (Å²) in [6.07, 6.45) is 0. The maximum Gasteiger partial charge on any atom is 0.254 e. The lowest BCUT2D eigenvalue weighted by Gasteiger charge is -2.37. The van der Waals surface area contributed by atoms with Crippen molar-refractivity contribution in [3.63, 3.8) is 0 Å². The summed E-state index contributed by atoms with van der Waals surface area (Å²) in [6, 6.07) is 7.51. The van der Waals surface area contributed by atoms with Crippen LogP contribution < -0.4 is 5.73 Å². The molecule has 0 aliphatic carbocycles.